The van der Waals surface area contributed by atoms with Crippen LogP contribution in [0.1, 0.15) is 12.5 Å². The van der Waals surface area contributed by atoms with Crippen LogP contribution in [0, 0.1) is 0 Å². The number of amides is 1. The van der Waals surface area contributed by atoms with E-state index in [-0.39, 0.29) is 12.0 Å². The second-order valence-corrected chi connectivity index (χ2v) is 6.56. The molecule has 0 fully saturated rings. The molecule has 1 aliphatic rings. The van der Waals surface area contributed by atoms with Crippen molar-refractivity contribution in [3.05, 3.63) is 54.1 Å². The molecule has 0 N–H and O–H groups in total. The minimum atomic E-state index is -0.638. The average molecular weight is 340 g/mol. The van der Waals surface area contributed by atoms with Gasteiger partial charge >= 0.3 is 0 Å². The number of ether oxygens (including phenoxy) is 2. The van der Waals surface area contributed by atoms with Gasteiger partial charge in [-0.3, -0.25) is 4.79 Å². The Labute approximate surface area is 148 Å². The average Bonchev–Trinajstić information content (AvgIpc) is 2.61. The van der Waals surface area contributed by atoms with Crippen LogP contribution in [-0.4, -0.2) is 44.2 Å². The van der Waals surface area contributed by atoms with Gasteiger partial charge in [0.05, 0.1) is 0 Å². The van der Waals surface area contributed by atoms with Crippen molar-refractivity contribution in [2.24, 2.45) is 0 Å². The summed E-state index contributed by atoms with van der Waals surface area (Å²) >= 11 is 0. The number of para-hydroxylation sites is 2. The molecule has 1 heterocycles. The number of rotatable bonds is 4. The molecule has 0 saturated carbocycles. The molecule has 1 amide bonds. The van der Waals surface area contributed by atoms with Gasteiger partial charge in [0.1, 0.15) is 6.10 Å². The lowest BCUT2D eigenvalue weighted by Crippen LogP contribution is -2.49. The highest BCUT2D eigenvalue weighted by Crippen LogP contribution is 2.33. The first-order chi connectivity index (χ1) is 12.0. The van der Waals surface area contributed by atoms with Crippen molar-refractivity contribution < 1.29 is 14.3 Å². The van der Waals surface area contributed by atoms with E-state index in [1.165, 1.54) is 0 Å². The van der Waals surface area contributed by atoms with Crippen molar-refractivity contribution in [2.45, 2.75) is 25.7 Å². The number of hydrogen-bond donors (Lipinski definition) is 0. The van der Waals surface area contributed by atoms with E-state index in [0.717, 1.165) is 11.3 Å². The van der Waals surface area contributed by atoms with Crippen molar-refractivity contribution in [3.8, 4) is 11.5 Å². The van der Waals surface area contributed by atoms with Gasteiger partial charge in [-0.05, 0) is 36.8 Å². The summed E-state index contributed by atoms with van der Waals surface area (Å²) in [6, 6.07) is 15.6. The molecule has 5 nitrogen and oxygen atoms in total. The van der Waals surface area contributed by atoms with Gasteiger partial charge in [-0.1, -0.05) is 24.3 Å². The number of carbonyl (C=O) groups excluding carboxylic acids is 1. The van der Waals surface area contributed by atoms with Gasteiger partial charge in [0, 0.05) is 33.4 Å². The number of hydrogen-bond acceptors (Lipinski definition) is 4. The van der Waals surface area contributed by atoms with E-state index < -0.39 is 6.10 Å². The summed E-state index contributed by atoms with van der Waals surface area (Å²) in [5.74, 6) is 1.21. The SMILES string of the molecule is C[C@@H]1Oc2ccccc2O[C@H]1C(=O)N(C)Cc1ccc(N(C)C)cc1. The predicted octanol–water partition coefficient (Wildman–Crippen LogP) is 2.94. The van der Waals surface area contributed by atoms with E-state index in [4.69, 9.17) is 9.47 Å². The highest BCUT2D eigenvalue weighted by Gasteiger charge is 2.35. The van der Waals surface area contributed by atoms with Gasteiger partial charge < -0.3 is 19.3 Å². The third-order valence-corrected chi connectivity index (χ3v) is 4.33. The zero-order chi connectivity index (χ0) is 18.0. The number of benzene rings is 2. The molecule has 0 spiro atoms. The van der Waals surface area contributed by atoms with Crippen LogP contribution in [-0.2, 0) is 11.3 Å². The lowest BCUT2D eigenvalue weighted by molar-refractivity contribution is -0.143. The molecule has 132 valence electrons. The first kappa shape index (κ1) is 17.1. The molecule has 0 bridgehead atoms. The van der Waals surface area contributed by atoms with Crippen LogP contribution >= 0.6 is 0 Å². The molecule has 2 aromatic carbocycles. The van der Waals surface area contributed by atoms with Crippen molar-refractivity contribution >= 4 is 11.6 Å². The number of nitrogens with zero attached hydrogens (tertiary/aromatic N) is 2. The monoisotopic (exact) mass is 340 g/mol. The molecule has 2 atom stereocenters. The second kappa shape index (κ2) is 7.05. The van der Waals surface area contributed by atoms with Crippen LogP contribution in [0.2, 0.25) is 0 Å². The molecule has 0 radical (unpaired) electrons. The zero-order valence-corrected chi connectivity index (χ0v) is 15.1. The van der Waals surface area contributed by atoms with E-state index in [0.29, 0.717) is 18.0 Å². The molecule has 0 aliphatic carbocycles. The lowest BCUT2D eigenvalue weighted by atomic mass is 10.1. The minimum absolute atomic E-state index is 0.0845. The van der Waals surface area contributed by atoms with Gasteiger partial charge in [0.25, 0.3) is 5.91 Å². The number of likely N-dealkylation sites (N-methyl/N-ethyl adjacent to an activating group) is 1. The Balaban J connectivity index is 1.68. The fourth-order valence-corrected chi connectivity index (χ4v) is 2.86. The van der Waals surface area contributed by atoms with Crippen LogP contribution in [0.15, 0.2) is 48.5 Å². The third-order valence-electron chi connectivity index (χ3n) is 4.33. The maximum atomic E-state index is 12.8. The van der Waals surface area contributed by atoms with Crippen LogP contribution in [0.4, 0.5) is 5.69 Å². The Kier molecular flexibility index (Phi) is 4.83. The maximum absolute atomic E-state index is 12.8. The van der Waals surface area contributed by atoms with E-state index in [9.17, 15) is 4.79 Å². The van der Waals surface area contributed by atoms with E-state index in [1.54, 1.807) is 11.9 Å². The summed E-state index contributed by atoms with van der Waals surface area (Å²) in [7, 11) is 5.80. The summed E-state index contributed by atoms with van der Waals surface area (Å²) < 4.78 is 11.7. The Morgan fingerprint density at radius 2 is 1.56 bits per heavy atom. The highest BCUT2D eigenvalue weighted by atomic mass is 16.6. The number of carbonyl (C=O) groups is 1. The summed E-state index contributed by atoms with van der Waals surface area (Å²) in [6.07, 6.45) is -0.970. The summed E-state index contributed by atoms with van der Waals surface area (Å²) in [5.41, 5.74) is 2.21. The number of anilines is 1. The Hall–Kier alpha value is -2.69. The largest absolute Gasteiger partial charge is 0.482 e. The Morgan fingerprint density at radius 1 is 0.960 bits per heavy atom. The maximum Gasteiger partial charge on any atom is 0.267 e. The van der Waals surface area contributed by atoms with E-state index in [1.807, 2.05) is 74.4 Å². The van der Waals surface area contributed by atoms with Crippen molar-refractivity contribution in [2.75, 3.05) is 26.0 Å². The molecule has 25 heavy (non-hydrogen) atoms. The Bertz CT molecular complexity index is 743. The molecular weight excluding hydrogens is 316 g/mol. The van der Waals surface area contributed by atoms with Crippen LogP contribution in [0.5, 0.6) is 11.5 Å². The molecule has 0 aromatic heterocycles. The van der Waals surface area contributed by atoms with Gasteiger partial charge in [0.15, 0.2) is 11.5 Å². The molecule has 5 heteroatoms. The van der Waals surface area contributed by atoms with Gasteiger partial charge in [-0.25, -0.2) is 0 Å². The fourth-order valence-electron chi connectivity index (χ4n) is 2.86. The topological polar surface area (TPSA) is 42.0 Å². The predicted molar refractivity (Wildman–Crippen MR) is 98.2 cm³/mol. The number of fused-ring (bicyclic) bond motifs is 1. The molecule has 2 aromatic rings. The standard InChI is InChI=1S/C20H24N2O3/c1-14-19(25-18-8-6-5-7-17(18)24-14)20(23)22(4)13-15-9-11-16(12-10-15)21(2)3/h5-12,14,19H,13H2,1-4H3/t14-,19+/m0/s1. The van der Waals surface area contributed by atoms with Gasteiger partial charge in [-0.2, -0.15) is 0 Å². The molecule has 1 aliphatic heterocycles. The molecular formula is C20H24N2O3. The van der Waals surface area contributed by atoms with Gasteiger partial charge in [-0.15, -0.1) is 0 Å². The normalized spacial score (nSPS) is 18.6. The van der Waals surface area contributed by atoms with Crippen LogP contribution in [0.25, 0.3) is 0 Å². The first-order valence-corrected chi connectivity index (χ1v) is 8.39. The highest BCUT2D eigenvalue weighted by molar-refractivity contribution is 5.82. The van der Waals surface area contributed by atoms with Crippen molar-refractivity contribution in [1.82, 2.24) is 4.90 Å². The third kappa shape index (κ3) is 3.71. The van der Waals surface area contributed by atoms with Crippen LogP contribution < -0.4 is 14.4 Å². The summed E-state index contributed by atoms with van der Waals surface area (Å²) in [5, 5.41) is 0. The smallest absolute Gasteiger partial charge is 0.267 e. The summed E-state index contributed by atoms with van der Waals surface area (Å²) in [6.45, 7) is 2.39. The van der Waals surface area contributed by atoms with E-state index >= 15 is 0 Å². The molecule has 0 saturated heterocycles. The van der Waals surface area contributed by atoms with Crippen LogP contribution in [0.3, 0.4) is 0 Å². The second-order valence-electron chi connectivity index (χ2n) is 6.56. The minimum Gasteiger partial charge on any atom is -0.482 e. The van der Waals surface area contributed by atoms with Crippen molar-refractivity contribution in [1.29, 1.82) is 0 Å². The quantitative estimate of drug-likeness (QED) is 0.858. The summed E-state index contributed by atoms with van der Waals surface area (Å²) in [4.78, 5) is 16.5. The first-order valence-electron chi connectivity index (χ1n) is 8.39. The van der Waals surface area contributed by atoms with Crippen molar-refractivity contribution in [3.63, 3.8) is 0 Å². The van der Waals surface area contributed by atoms with Gasteiger partial charge in [0.2, 0.25) is 6.10 Å². The molecule has 0 unspecified atom stereocenters. The zero-order valence-electron chi connectivity index (χ0n) is 15.1. The fraction of sp³-hybridized carbons (Fsp3) is 0.350. The lowest BCUT2D eigenvalue weighted by Gasteiger charge is -2.33. The molecule has 3 rings (SSSR count). The van der Waals surface area contributed by atoms with E-state index in [2.05, 4.69) is 0 Å². The Morgan fingerprint density at radius 3 is 2.16 bits per heavy atom.